The molecule has 0 aromatic heterocycles. The van der Waals surface area contributed by atoms with Gasteiger partial charge in [0.2, 0.25) is 0 Å². The molecular formula is C14H30F4O2Si2. The molecule has 0 heterocycles. The van der Waals surface area contributed by atoms with Gasteiger partial charge in [0.05, 0.1) is 0 Å². The average Bonchev–Trinajstić information content (AvgIpc) is 2.34. The number of hydrogen-bond acceptors (Lipinski definition) is 2. The van der Waals surface area contributed by atoms with Gasteiger partial charge in [0.1, 0.15) is 0 Å². The van der Waals surface area contributed by atoms with Gasteiger partial charge in [-0.1, -0.05) is 25.7 Å². The van der Waals surface area contributed by atoms with Gasteiger partial charge in [-0.2, -0.15) is 17.6 Å². The van der Waals surface area contributed by atoms with Crippen LogP contribution in [-0.2, 0) is 8.85 Å². The quantitative estimate of drug-likeness (QED) is 0.356. The molecule has 0 unspecified atom stereocenters. The number of hydrogen-bond donors (Lipinski definition) is 0. The van der Waals surface area contributed by atoms with Crippen molar-refractivity contribution in [2.24, 2.45) is 0 Å². The first kappa shape index (κ1) is 22.1. The molecule has 0 aromatic carbocycles. The Balaban J connectivity index is 4.77. The Kier molecular flexibility index (Phi) is 8.28. The highest BCUT2D eigenvalue weighted by atomic mass is 28.4. The molecule has 0 spiro atoms. The molecule has 0 aliphatic heterocycles. The van der Waals surface area contributed by atoms with Gasteiger partial charge in [-0.3, -0.25) is 0 Å². The molecule has 0 rings (SSSR count). The predicted molar refractivity (Wildman–Crippen MR) is 87.0 cm³/mol. The van der Waals surface area contributed by atoms with Crippen molar-refractivity contribution in [2.75, 3.05) is 13.2 Å². The first-order valence-electron chi connectivity index (χ1n) is 7.82. The first-order chi connectivity index (χ1) is 9.79. The third kappa shape index (κ3) is 7.56. The highest BCUT2D eigenvalue weighted by molar-refractivity contribution is 6.76. The van der Waals surface area contributed by atoms with Crippen LogP contribution in [0.3, 0.4) is 0 Å². The molecule has 0 fully saturated rings. The van der Waals surface area contributed by atoms with Crippen LogP contribution >= 0.6 is 0 Å². The van der Waals surface area contributed by atoms with Crippen molar-refractivity contribution in [3.05, 3.63) is 0 Å². The molecule has 0 bridgehead atoms. The molecule has 2 nitrogen and oxygen atoms in total. The van der Waals surface area contributed by atoms with Crippen LogP contribution in [0, 0.1) is 0 Å². The maximum absolute atomic E-state index is 14.0. The van der Waals surface area contributed by atoms with Crippen LogP contribution in [0.1, 0.15) is 26.7 Å². The van der Waals surface area contributed by atoms with E-state index in [1.807, 2.05) is 19.6 Å². The van der Waals surface area contributed by atoms with Gasteiger partial charge in [-0.15, -0.1) is 0 Å². The molecule has 0 N–H and O–H groups in total. The topological polar surface area (TPSA) is 18.5 Å². The summed E-state index contributed by atoms with van der Waals surface area (Å²) in [4.78, 5) is 0. The molecule has 22 heavy (non-hydrogen) atoms. The monoisotopic (exact) mass is 362 g/mol. The summed E-state index contributed by atoms with van der Waals surface area (Å²) in [5, 5.41) is 0. The average molecular weight is 363 g/mol. The van der Waals surface area contributed by atoms with Crippen LogP contribution in [0.2, 0.25) is 38.3 Å². The van der Waals surface area contributed by atoms with E-state index < -0.39 is 41.3 Å². The van der Waals surface area contributed by atoms with Crippen molar-refractivity contribution in [2.45, 2.75) is 76.8 Å². The number of alkyl halides is 4. The van der Waals surface area contributed by atoms with E-state index in [4.69, 9.17) is 8.85 Å². The van der Waals surface area contributed by atoms with Crippen molar-refractivity contribution < 1.29 is 26.4 Å². The van der Waals surface area contributed by atoms with Crippen LogP contribution in [0.4, 0.5) is 17.6 Å². The van der Waals surface area contributed by atoms with Gasteiger partial charge in [0.25, 0.3) is 0 Å². The molecule has 134 valence electrons. The van der Waals surface area contributed by atoms with E-state index in [0.717, 1.165) is 0 Å². The third-order valence-corrected chi connectivity index (χ3v) is 8.22. The normalized spacial score (nSPS) is 14.5. The first-order valence-corrected chi connectivity index (χ1v) is 14.1. The Morgan fingerprint density at radius 1 is 0.727 bits per heavy atom. The third-order valence-electron chi connectivity index (χ3n) is 3.52. The molecule has 0 aromatic rings. The van der Waals surface area contributed by atoms with Crippen molar-refractivity contribution in [3.63, 3.8) is 0 Å². The fourth-order valence-electron chi connectivity index (χ4n) is 2.08. The van der Waals surface area contributed by atoms with Gasteiger partial charge < -0.3 is 8.85 Å². The smallest absolute Gasteiger partial charge is 0.335 e. The maximum Gasteiger partial charge on any atom is 0.335 e. The number of rotatable bonds is 11. The maximum atomic E-state index is 14.0. The SMILES string of the molecule is CCO[Si](C)(CCC(F)(F)C(F)(F)CC[Si](C)(C)C)OCC. The second-order valence-electron chi connectivity index (χ2n) is 6.97. The van der Waals surface area contributed by atoms with Crippen molar-refractivity contribution >= 4 is 16.6 Å². The molecule has 8 heteroatoms. The largest absolute Gasteiger partial charge is 0.395 e. The molecule has 0 amide bonds. The van der Waals surface area contributed by atoms with Gasteiger partial charge in [-0.25, -0.2) is 0 Å². The minimum Gasteiger partial charge on any atom is -0.395 e. The lowest BCUT2D eigenvalue weighted by Crippen LogP contribution is -2.45. The van der Waals surface area contributed by atoms with Crippen LogP contribution in [0.15, 0.2) is 0 Å². The zero-order valence-electron chi connectivity index (χ0n) is 14.6. The van der Waals surface area contributed by atoms with Crippen molar-refractivity contribution in [3.8, 4) is 0 Å². The van der Waals surface area contributed by atoms with Crippen molar-refractivity contribution in [1.29, 1.82) is 0 Å². The Morgan fingerprint density at radius 3 is 1.41 bits per heavy atom. The highest BCUT2D eigenvalue weighted by Crippen LogP contribution is 2.43. The molecular weight excluding hydrogens is 332 g/mol. The summed E-state index contributed by atoms with van der Waals surface area (Å²) in [5.41, 5.74) is 0. The molecule has 0 aliphatic rings. The van der Waals surface area contributed by atoms with Crippen LogP contribution in [0.5, 0.6) is 0 Å². The molecule has 0 saturated heterocycles. The summed E-state index contributed by atoms with van der Waals surface area (Å²) in [6, 6.07) is 0.0470. The van der Waals surface area contributed by atoms with E-state index in [1.165, 1.54) is 0 Å². The van der Waals surface area contributed by atoms with Gasteiger partial charge in [0.15, 0.2) is 0 Å². The molecule has 0 radical (unpaired) electrons. The second kappa shape index (κ2) is 8.25. The van der Waals surface area contributed by atoms with E-state index in [-0.39, 0.29) is 12.1 Å². The van der Waals surface area contributed by atoms with Crippen LogP contribution in [-0.4, -0.2) is 41.7 Å². The van der Waals surface area contributed by atoms with E-state index in [0.29, 0.717) is 13.2 Å². The van der Waals surface area contributed by atoms with Gasteiger partial charge >= 0.3 is 20.4 Å². The lowest BCUT2D eigenvalue weighted by Gasteiger charge is -2.32. The minimum absolute atomic E-state index is 0.135. The lowest BCUT2D eigenvalue weighted by molar-refractivity contribution is -0.211. The van der Waals surface area contributed by atoms with E-state index in [1.54, 1.807) is 20.4 Å². The summed E-state index contributed by atoms with van der Waals surface area (Å²) < 4.78 is 66.6. The fourth-order valence-corrected chi connectivity index (χ4v) is 5.50. The summed E-state index contributed by atoms with van der Waals surface area (Å²) in [7, 11) is -4.59. The zero-order valence-corrected chi connectivity index (χ0v) is 16.6. The fraction of sp³-hybridized carbons (Fsp3) is 1.00. The lowest BCUT2D eigenvalue weighted by atomic mass is 10.1. The summed E-state index contributed by atoms with van der Waals surface area (Å²) >= 11 is 0. The van der Waals surface area contributed by atoms with E-state index >= 15 is 0 Å². The standard InChI is InChI=1S/C14H30F4O2Si2/c1-7-19-22(6,20-8-2)12-10-14(17,18)13(15,16)9-11-21(3,4)5/h7-12H2,1-6H3. The summed E-state index contributed by atoms with van der Waals surface area (Å²) in [6.45, 7) is 11.5. The predicted octanol–water partition coefficient (Wildman–Crippen LogP) is 5.52. The van der Waals surface area contributed by atoms with E-state index in [9.17, 15) is 17.6 Å². The molecule has 0 aliphatic carbocycles. The second-order valence-corrected chi connectivity index (χ2v) is 15.9. The Hall–Kier alpha value is 0.0738. The van der Waals surface area contributed by atoms with Crippen LogP contribution < -0.4 is 0 Å². The zero-order chi connectivity index (χ0) is 17.7. The Morgan fingerprint density at radius 2 is 1.09 bits per heavy atom. The van der Waals surface area contributed by atoms with Crippen molar-refractivity contribution in [1.82, 2.24) is 0 Å². The Bertz CT molecular complexity index is 327. The summed E-state index contributed by atoms with van der Waals surface area (Å²) in [6.07, 6.45) is -1.65. The van der Waals surface area contributed by atoms with Gasteiger partial charge in [-0.05, 0) is 26.4 Å². The van der Waals surface area contributed by atoms with Gasteiger partial charge in [0, 0.05) is 34.1 Å². The minimum atomic E-state index is -4.02. The highest BCUT2D eigenvalue weighted by Gasteiger charge is 2.56. The van der Waals surface area contributed by atoms with E-state index in [2.05, 4.69) is 0 Å². The molecule has 0 atom stereocenters. The van der Waals surface area contributed by atoms with Crippen LogP contribution in [0.25, 0.3) is 0 Å². The molecule has 0 saturated carbocycles. The summed E-state index contributed by atoms with van der Waals surface area (Å²) in [5.74, 6) is -7.99. The Labute approximate surface area is 133 Å². The number of halogens is 4.